The van der Waals surface area contributed by atoms with E-state index in [-0.39, 0.29) is 0 Å². The summed E-state index contributed by atoms with van der Waals surface area (Å²) in [5.74, 6) is 0.933. The summed E-state index contributed by atoms with van der Waals surface area (Å²) in [6.07, 6.45) is 7.12. The van der Waals surface area contributed by atoms with Crippen LogP contribution in [0.25, 0.3) is 0 Å². The molecule has 2 heteroatoms. The van der Waals surface area contributed by atoms with Gasteiger partial charge in [0.2, 0.25) is 0 Å². The third kappa shape index (κ3) is 1.96. The molecule has 0 aromatic heterocycles. The maximum atomic E-state index is 3.70. The van der Waals surface area contributed by atoms with E-state index < -0.39 is 0 Å². The predicted octanol–water partition coefficient (Wildman–Crippen LogP) is 1.86. The highest BCUT2D eigenvalue weighted by atomic mass is 15.1. The van der Waals surface area contributed by atoms with Crippen LogP contribution in [0.1, 0.15) is 39.0 Å². The van der Waals surface area contributed by atoms with Crippen LogP contribution >= 0.6 is 0 Å². The van der Waals surface area contributed by atoms with Crippen LogP contribution in [-0.2, 0) is 0 Å². The zero-order chi connectivity index (χ0) is 9.97. The summed E-state index contributed by atoms with van der Waals surface area (Å²) in [7, 11) is 2.29. The second-order valence-electron chi connectivity index (χ2n) is 4.94. The van der Waals surface area contributed by atoms with Gasteiger partial charge in [0.25, 0.3) is 0 Å². The first-order valence-electron chi connectivity index (χ1n) is 6.26. The molecular formula is C12H24N2. The Morgan fingerprint density at radius 3 is 2.79 bits per heavy atom. The van der Waals surface area contributed by atoms with Gasteiger partial charge in [-0.25, -0.2) is 0 Å². The summed E-state index contributed by atoms with van der Waals surface area (Å²) in [6, 6.07) is 1.68. The van der Waals surface area contributed by atoms with Crippen molar-refractivity contribution >= 4 is 0 Å². The molecule has 2 aliphatic rings. The fraction of sp³-hybridized carbons (Fsp3) is 1.00. The third-order valence-corrected chi connectivity index (χ3v) is 4.23. The lowest BCUT2D eigenvalue weighted by atomic mass is 9.76. The molecular weight excluding hydrogens is 172 g/mol. The molecule has 1 N–H and O–H groups in total. The molecule has 0 aromatic carbocycles. The molecule has 1 saturated heterocycles. The maximum absolute atomic E-state index is 3.70. The Bertz CT molecular complexity index is 177. The molecule has 0 amide bonds. The molecule has 0 unspecified atom stereocenters. The van der Waals surface area contributed by atoms with Crippen molar-refractivity contribution < 1.29 is 0 Å². The maximum Gasteiger partial charge on any atom is 0.0147 e. The van der Waals surface area contributed by atoms with E-state index in [9.17, 15) is 0 Å². The van der Waals surface area contributed by atoms with Gasteiger partial charge in [-0.15, -0.1) is 0 Å². The van der Waals surface area contributed by atoms with E-state index in [1.165, 1.54) is 45.2 Å². The standard InChI is InChI=1S/C12H24N2/c1-3-14(2)12-8-9-13-11-7-5-4-6-10(11)12/h10-13H,3-9H2,1-2H3/t10-,11+,12-/m1/s1. The first-order chi connectivity index (χ1) is 6.83. The van der Waals surface area contributed by atoms with Crippen LogP contribution in [0.5, 0.6) is 0 Å². The monoisotopic (exact) mass is 196 g/mol. The van der Waals surface area contributed by atoms with E-state index in [0.29, 0.717) is 0 Å². The molecule has 82 valence electrons. The van der Waals surface area contributed by atoms with Crippen molar-refractivity contribution in [1.82, 2.24) is 10.2 Å². The van der Waals surface area contributed by atoms with Crippen molar-refractivity contribution in [2.75, 3.05) is 20.1 Å². The molecule has 14 heavy (non-hydrogen) atoms. The van der Waals surface area contributed by atoms with E-state index >= 15 is 0 Å². The Morgan fingerprint density at radius 2 is 2.00 bits per heavy atom. The van der Waals surface area contributed by atoms with Gasteiger partial charge in [0.05, 0.1) is 0 Å². The molecule has 2 rings (SSSR count). The van der Waals surface area contributed by atoms with Crippen LogP contribution in [0.2, 0.25) is 0 Å². The summed E-state index contributed by atoms with van der Waals surface area (Å²) >= 11 is 0. The number of piperidine rings is 1. The summed E-state index contributed by atoms with van der Waals surface area (Å²) in [5, 5.41) is 3.70. The average Bonchev–Trinajstić information content (AvgIpc) is 2.27. The van der Waals surface area contributed by atoms with Gasteiger partial charge in [-0.1, -0.05) is 19.8 Å². The third-order valence-electron chi connectivity index (χ3n) is 4.23. The molecule has 1 saturated carbocycles. The summed E-state index contributed by atoms with van der Waals surface area (Å²) in [4.78, 5) is 2.56. The van der Waals surface area contributed by atoms with Crippen LogP contribution in [-0.4, -0.2) is 37.1 Å². The fourth-order valence-corrected chi connectivity index (χ4v) is 3.29. The molecule has 1 aliphatic carbocycles. The minimum absolute atomic E-state index is 0.830. The Hall–Kier alpha value is -0.0800. The van der Waals surface area contributed by atoms with Gasteiger partial charge in [-0.3, -0.25) is 0 Å². The van der Waals surface area contributed by atoms with Crippen LogP contribution < -0.4 is 5.32 Å². The molecule has 2 nitrogen and oxygen atoms in total. The Balaban J connectivity index is 2.01. The van der Waals surface area contributed by atoms with Crippen molar-refractivity contribution in [3.63, 3.8) is 0 Å². The van der Waals surface area contributed by atoms with Crippen molar-refractivity contribution in [2.45, 2.75) is 51.1 Å². The lowest BCUT2D eigenvalue weighted by Crippen LogP contribution is -2.55. The predicted molar refractivity (Wildman–Crippen MR) is 60.5 cm³/mol. The van der Waals surface area contributed by atoms with Crippen LogP contribution in [0.3, 0.4) is 0 Å². The van der Waals surface area contributed by atoms with Crippen LogP contribution in [0.4, 0.5) is 0 Å². The zero-order valence-electron chi connectivity index (χ0n) is 9.63. The highest BCUT2D eigenvalue weighted by Gasteiger charge is 2.35. The number of hydrogen-bond donors (Lipinski definition) is 1. The summed E-state index contributed by atoms with van der Waals surface area (Å²) < 4.78 is 0. The van der Waals surface area contributed by atoms with Crippen molar-refractivity contribution in [2.24, 2.45) is 5.92 Å². The lowest BCUT2D eigenvalue weighted by molar-refractivity contribution is 0.0837. The van der Waals surface area contributed by atoms with Gasteiger partial charge >= 0.3 is 0 Å². The molecule has 0 spiro atoms. The lowest BCUT2D eigenvalue weighted by Gasteiger charge is -2.45. The summed E-state index contributed by atoms with van der Waals surface area (Å²) in [5.41, 5.74) is 0. The highest BCUT2D eigenvalue weighted by Crippen LogP contribution is 2.32. The summed E-state index contributed by atoms with van der Waals surface area (Å²) in [6.45, 7) is 4.71. The van der Waals surface area contributed by atoms with Gasteiger partial charge in [0.15, 0.2) is 0 Å². The van der Waals surface area contributed by atoms with E-state index in [1.807, 2.05) is 0 Å². The number of hydrogen-bond acceptors (Lipinski definition) is 2. The SMILES string of the molecule is CCN(C)[C@@H]1CCN[C@H]2CCCC[C@H]21. The highest BCUT2D eigenvalue weighted by molar-refractivity contribution is 4.93. The second kappa shape index (κ2) is 4.63. The smallest absolute Gasteiger partial charge is 0.0147 e. The van der Waals surface area contributed by atoms with Crippen LogP contribution in [0, 0.1) is 5.92 Å². The van der Waals surface area contributed by atoms with E-state index in [4.69, 9.17) is 0 Å². The molecule has 3 atom stereocenters. The first-order valence-corrected chi connectivity index (χ1v) is 6.26. The number of nitrogens with zero attached hydrogens (tertiary/aromatic N) is 1. The van der Waals surface area contributed by atoms with E-state index in [2.05, 4.69) is 24.2 Å². The first kappa shape index (κ1) is 10.4. The number of nitrogens with one attached hydrogen (secondary N) is 1. The van der Waals surface area contributed by atoms with E-state index in [0.717, 1.165) is 18.0 Å². The minimum Gasteiger partial charge on any atom is -0.314 e. The van der Waals surface area contributed by atoms with E-state index in [1.54, 1.807) is 0 Å². The molecule has 1 heterocycles. The number of fused-ring (bicyclic) bond motifs is 1. The molecule has 1 aliphatic heterocycles. The fourth-order valence-electron chi connectivity index (χ4n) is 3.29. The minimum atomic E-state index is 0.830. The largest absolute Gasteiger partial charge is 0.314 e. The average molecular weight is 196 g/mol. The van der Waals surface area contributed by atoms with Crippen molar-refractivity contribution in [3.8, 4) is 0 Å². The number of rotatable bonds is 2. The quantitative estimate of drug-likeness (QED) is 0.725. The molecule has 2 fully saturated rings. The molecule has 0 bridgehead atoms. The van der Waals surface area contributed by atoms with Gasteiger partial charge in [0.1, 0.15) is 0 Å². The molecule has 0 aromatic rings. The molecule has 0 radical (unpaired) electrons. The van der Waals surface area contributed by atoms with Crippen molar-refractivity contribution in [1.29, 1.82) is 0 Å². The van der Waals surface area contributed by atoms with Gasteiger partial charge in [-0.05, 0) is 45.3 Å². The topological polar surface area (TPSA) is 15.3 Å². The normalized spacial score (nSPS) is 38.4. The zero-order valence-corrected chi connectivity index (χ0v) is 9.63. The second-order valence-corrected chi connectivity index (χ2v) is 4.94. The van der Waals surface area contributed by atoms with Crippen molar-refractivity contribution in [3.05, 3.63) is 0 Å². The Labute approximate surface area is 88.1 Å². The Morgan fingerprint density at radius 1 is 1.21 bits per heavy atom. The van der Waals surface area contributed by atoms with Gasteiger partial charge in [-0.2, -0.15) is 0 Å². The van der Waals surface area contributed by atoms with Gasteiger partial charge in [0, 0.05) is 12.1 Å². The van der Waals surface area contributed by atoms with Crippen LogP contribution in [0.15, 0.2) is 0 Å². The Kier molecular flexibility index (Phi) is 3.45. The van der Waals surface area contributed by atoms with Gasteiger partial charge < -0.3 is 10.2 Å².